The molecule has 0 fully saturated rings. The minimum atomic E-state index is -0.490. The van der Waals surface area contributed by atoms with Gasteiger partial charge in [-0.05, 0) is 111 Å². The van der Waals surface area contributed by atoms with Crippen LogP contribution in [-0.2, 0) is 5.41 Å². The second-order valence-electron chi connectivity index (χ2n) is 16.4. The van der Waals surface area contributed by atoms with Crippen molar-refractivity contribution in [1.29, 1.82) is 0 Å². The zero-order valence-electron chi connectivity index (χ0n) is 34.6. The van der Waals surface area contributed by atoms with Gasteiger partial charge in [-0.1, -0.05) is 194 Å². The molecule has 12 rings (SSSR count). The number of para-hydroxylation sites is 3. The Bertz CT molecular complexity index is 3380. The first-order valence-electron chi connectivity index (χ1n) is 21.8. The third-order valence-electron chi connectivity index (χ3n) is 13.1. The van der Waals surface area contributed by atoms with Crippen LogP contribution in [0.2, 0.25) is 0 Å². The molecule has 0 aliphatic heterocycles. The molecule has 1 aliphatic rings. The van der Waals surface area contributed by atoms with Crippen LogP contribution in [0.5, 0.6) is 0 Å². The van der Waals surface area contributed by atoms with E-state index in [1.807, 2.05) is 0 Å². The maximum absolute atomic E-state index is 2.44. The summed E-state index contributed by atoms with van der Waals surface area (Å²) in [6.07, 6.45) is 0. The molecule has 0 radical (unpaired) electrons. The van der Waals surface area contributed by atoms with Crippen LogP contribution in [0.3, 0.4) is 0 Å². The maximum atomic E-state index is 2.44. The first-order chi connectivity index (χ1) is 31.3. The average Bonchev–Trinajstić information content (AvgIpc) is 3.85. The fourth-order valence-corrected chi connectivity index (χ4v) is 10.3. The highest BCUT2D eigenvalue weighted by Crippen LogP contribution is 2.57. The third kappa shape index (κ3) is 5.87. The van der Waals surface area contributed by atoms with E-state index in [1.165, 1.54) is 71.9 Å². The molecular weight excluding hydrogens is 761 g/mol. The predicted octanol–water partition coefficient (Wildman–Crippen LogP) is 16.0. The average molecular weight is 803 g/mol. The van der Waals surface area contributed by atoms with E-state index in [9.17, 15) is 0 Å². The molecule has 0 unspecified atom stereocenters. The molecule has 0 spiro atoms. The normalized spacial score (nSPS) is 12.6. The number of anilines is 3. The Balaban J connectivity index is 0.998. The van der Waals surface area contributed by atoms with Crippen LogP contribution in [0.1, 0.15) is 22.3 Å². The summed E-state index contributed by atoms with van der Waals surface area (Å²) in [7, 11) is 0. The number of fused-ring (bicyclic) bond motifs is 6. The molecule has 0 N–H and O–H groups in total. The van der Waals surface area contributed by atoms with Crippen molar-refractivity contribution in [3.05, 3.63) is 277 Å². The first-order valence-corrected chi connectivity index (χ1v) is 21.8. The molecule has 1 aromatic heterocycles. The number of rotatable bonds is 8. The van der Waals surface area contributed by atoms with E-state index in [0.717, 1.165) is 28.3 Å². The number of aromatic nitrogens is 1. The minimum Gasteiger partial charge on any atom is -0.310 e. The van der Waals surface area contributed by atoms with E-state index in [2.05, 4.69) is 264 Å². The molecule has 1 aliphatic carbocycles. The molecule has 1 heterocycles. The van der Waals surface area contributed by atoms with Gasteiger partial charge in [0.25, 0.3) is 0 Å². The minimum absolute atomic E-state index is 0.490. The van der Waals surface area contributed by atoms with Crippen molar-refractivity contribution in [2.75, 3.05) is 4.90 Å². The van der Waals surface area contributed by atoms with Crippen molar-refractivity contribution in [2.24, 2.45) is 0 Å². The quantitative estimate of drug-likeness (QED) is 0.149. The molecule has 63 heavy (non-hydrogen) atoms. The molecule has 0 saturated carbocycles. The lowest BCUT2D eigenvalue weighted by atomic mass is 9.67. The van der Waals surface area contributed by atoms with E-state index in [0.29, 0.717) is 0 Å². The summed E-state index contributed by atoms with van der Waals surface area (Å²) in [5.41, 5.74) is 18.8. The molecular formula is C61H42N2. The molecule has 0 atom stereocenters. The molecule has 2 heteroatoms. The second-order valence-corrected chi connectivity index (χ2v) is 16.4. The summed E-state index contributed by atoms with van der Waals surface area (Å²) >= 11 is 0. The monoisotopic (exact) mass is 802 g/mol. The van der Waals surface area contributed by atoms with Gasteiger partial charge in [0.2, 0.25) is 0 Å². The smallest absolute Gasteiger partial charge is 0.0714 e. The Kier molecular flexibility index (Phi) is 8.76. The van der Waals surface area contributed by atoms with Crippen LogP contribution in [-0.4, -0.2) is 4.57 Å². The van der Waals surface area contributed by atoms with E-state index in [1.54, 1.807) is 0 Å². The highest BCUT2D eigenvalue weighted by molar-refractivity contribution is 6.11. The van der Waals surface area contributed by atoms with E-state index in [-0.39, 0.29) is 0 Å². The van der Waals surface area contributed by atoms with Gasteiger partial charge in [-0.2, -0.15) is 0 Å². The van der Waals surface area contributed by atoms with E-state index >= 15 is 0 Å². The Morgan fingerprint density at radius 2 is 0.825 bits per heavy atom. The zero-order valence-corrected chi connectivity index (χ0v) is 34.6. The number of hydrogen-bond acceptors (Lipinski definition) is 1. The topological polar surface area (TPSA) is 8.17 Å². The van der Waals surface area contributed by atoms with Crippen LogP contribution in [0.4, 0.5) is 17.1 Å². The van der Waals surface area contributed by atoms with Crippen LogP contribution in [0.25, 0.3) is 60.9 Å². The van der Waals surface area contributed by atoms with Crippen molar-refractivity contribution in [3.63, 3.8) is 0 Å². The highest BCUT2D eigenvalue weighted by atomic mass is 15.1. The van der Waals surface area contributed by atoms with Gasteiger partial charge in [-0.15, -0.1) is 0 Å². The molecule has 0 bridgehead atoms. The number of hydrogen-bond donors (Lipinski definition) is 0. The highest BCUT2D eigenvalue weighted by Gasteiger charge is 2.46. The first kappa shape index (κ1) is 36.6. The van der Waals surface area contributed by atoms with Gasteiger partial charge in [0.15, 0.2) is 0 Å². The zero-order chi connectivity index (χ0) is 41.7. The molecule has 0 amide bonds. The standard InChI is InChI=1S/C61H42N2/c1-5-19-43(20-6-1)45-35-40-60-55(41-45)54-29-15-18-32-59(54)63(60)58-31-17-14-27-51(58)44-33-36-49(37-34-44)62(48-25-11-4-12-26-48)50-38-39-53-52-28-13-16-30-56(52)61(57(53)42-50,46-21-7-2-8-22-46)47-23-9-3-10-24-47/h1-42H. The van der Waals surface area contributed by atoms with Crippen molar-refractivity contribution in [1.82, 2.24) is 4.57 Å². The van der Waals surface area contributed by atoms with Gasteiger partial charge < -0.3 is 9.47 Å². The summed E-state index contributed by atoms with van der Waals surface area (Å²) in [6, 6.07) is 93.1. The third-order valence-corrected chi connectivity index (χ3v) is 13.1. The maximum Gasteiger partial charge on any atom is 0.0714 e. The SMILES string of the molecule is c1ccc(-c2ccc3c(c2)c2ccccc2n3-c2ccccc2-c2ccc(N(c3ccccc3)c3ccc4c(c3)C(c3ccccc3)(c3ccccc3)c3ccccc3-4)cc2)cc1. The second kappa shape index (κ2) is 15.1. The fraction of sp³-hybridized carbons (Fsp3) is 0.0164. The molecule has 296 valence electrons. The van der Waals surface area contributed by atoms with Crippen LogP contribution < -0.4 is 4.90 Å². The van der Waals surface area contributed by atoms with E-state index < -0.39 is 5.41 Å². The van der Waals surface area contributed by atoms with Crippen molar-refractivity contribution in [3.8, 4) is 39.1 Å². The van der Waals surface area contributed by atoms with Crippen LogP contribution >= 0.6 is 0 Å². The molecule has 0 saturated heterocycles. The van der Waals surface area contributed by atoms with Gasteiger partial charge in [0, 0.05) is 33.4 Å². The number of benzene rings is 10. The summed E-state index contributed by atoms with van der Waals surface area (Å²) in [5.74, 6) is 0. The lowest BCUT2D eigenvalue weighted by Gasteiger charge is -2.35. The number of nitrogens with zero attached hydrogens (tertiary/aromatic N) is 2. The molecule has 10 aromatic carbocycles. The summed E-state index contributed by atoms with van der Waals surface area (Å²) in [4.78, 5) is 2.40. The van der Waals surface area contributed by atoms with Gasteiger partial charge in [0.05, 0.1) is 22.1 Å². The lowest BCUT2D eigenvalue weighted by Crippen LogP contribution is -2.28. The molecule has 2 nitrogen and oxygen atoms in total. The molecule has 11 aromatic rings. The van der Waals surface area contributed by atoms with Gasteiger partial charge in [-0.3, -0.25) is 0 Å². The predicted molar refractivity (Wildman–Crippen MR) is 264 cm³/mol. The lowest BCUT2D eigenvalue weighted by molar-refractivity contribution is 0.768. The Morgan fingerprint density at radius 3 is 1.56 bits per heavy atom. The fourth-order valence-electron chi connectivity index (χ4n) is 10.3. The van der Waals surface area contributed by atoms with Crippen LogP contribution in [0, 0.1) is 0 Å². The van der Waals surface area contributed by atoms with Crippen molar-refractivity contribution in [2.45, 2.75) is 5.41 Å². The van der Waals surface area contributed by atoms with Gasteiger partial charge in [0.1, 0.15) is 0 Å². The Labute approximate surface area is 368 Å². The summed E-state index contributed by atoms with van der Waals surface area (Å²) < 4.78 is 2.44. The van der Waals surface area contributed by atoms with E-state index in [4.69, 9.17) is 0 Å². The summed E-state index contributed by atoms with van der Waals surface area (Å²) in [5, 5.41) is 2.49. The summed E-state index contributed by atoms with van der Waals surface area (Å²) in [6.45, 7) is 0. The van der Waals surface area contributed by atoms with Crippen molar-refractivity contribution >= 4 is 38.9 Å². The van der Waals surface area contributed by atoms with Gasteiger partial charge in [-0.25, -0.2) is 0 Å². The van der Waals surface area contributed by atoms with Gasteiger partial charge >= 0.3 is 0 Å². The van der Waals surface area contributed by atoms with Crippen LogP contribution in [0.15, 0.2) is 255 Å². The van der Waals surface area contributed by atoms with Crippen molar-refractivity contribution < 1.29 is 0 Å². The Morgan fingerprint density at radius 1 is 0.302 bits per heavy atom. The Hall–Kier alpha value is -8.20. The largest absolute Gasteiger partial charge is 0.310 e.